The first kappa shape index (κ1) is 18.2. The number of alkyl halides is 2. The SMILES string of the molecule is COc1ccnc(C[S@](=O)[C@@H]2Nc3ccc(OC(F)F)cc3N2)c1OC. The Morgan fingerprint density at radius 1 is 1.19 bits per heavy atom. The lowest BCUT2D eigenvalue weighted by molar-refractivity contribution is -0.0497. The van der Waals surface area contributed by atoms with E-state index in [1.807, 2.05) is 0 Å². The Hall–Kier alpha value is -2.62. The predicted octanol–water partition coefficient (Wildman–Crippen LogP) is 2.77. The average molecular weight is 385 g/mol. The van der Waals surface area contributed by atoms with Crippen LogP contribution in [0.5, 0.6) is 17.2 Å². The fourth-order valence-electron chi connectivity index (χ4n) is 2.57. The number of benzene rings is 1. The van der Waals surface area contributed by atoms with Crippen LogP contribution in [0.25, 0.3) is 0 Å². The van der Waals surface area contributed by atoms with Gasteiger partial charge < -0.3 is 24.8 Å². The van der Waals surface area contributed by atoms with Crippen LogP contribution in [-0.4, -0.2) is 35.5 Å². The number of aromatic nitrogens is 1. The number of halogens is 2. The van der Waals surface area contributed by atoms with E-state index in [-0.39, 0.29) is 11.5 Å². The van der Waals surface area contributed by atoms with Gasteiger partial charge in [0.25, 0.3) is 0 Å². The van der Waals surface area contributed by atoms with Crippen molar-refractivity contribution in [3.05, 3.63) is 36.2 Å². The molecule has 2 aromatic rings. The molecule has 1 aliphatic heterocycles. The fourth-order valence-corrected chi connectivity index (χ4v) is 3.72. The molecule has 1 aromatic heterocycles. The Morgan fingerprint density at radius 3 is 2.65 bits per heavy atom. The second-order valence-corrected chi connectivity index (χ2v) is 6.79. The van der Waals surface area contributed by atoms with Crippen LogP contribution in [0.4, 0.5) is 20.2 Å². The molecule has 0 amide bonds. The Balaban J connectivity index is 1.72. The van der Waals surface area contributed by atoms with Crippen LogP contribution in [0.1, 0.15) is 5.69 Å². The molecule has 1 aliphatic rings. The lowest BCUT2D eigenvalue weighted by atomic mass is 10.2. The first-order valence-corrected chi connectivity index (χ1v) is 8.95. The van der Waals surface area contributed by atoms with Gasteiger partial charge in [0.15, 0.2) is 17.0 Å². The number of hydrogen-bond acceptors (Lipinski definition) is 7. The molecule has 1 aromatic carbocycles. The zero-order valence-corrected chi connectivity index (χ0v) is 14.8. The van der Waals surface area contributed by atoms with Crippen LogP contribution in [0.15, 0.2) is 30.5 Å². The summed E-state index contributed by atoms with van der Waals surface area (Å²) in [6.45, 7) is -2.90. The van der Waals surface area contributed by atoms with Gasteiger partial charge in [0.2, 0.25) is 0 Å². The average Bonchev–Trinajstić information content (AvgIpc) is 3.04. The molecule has 0 saturated carbocycles. The van der Waals surface area contributed by atoms with Crippen molar-refractivity contribution >= 4 is 22.2 Å². The van der Waals surface area contributed by atoms with E-state index in [1.54, 1.807) is 18.3 Å². The van der Waals surface area contributed by atoms with Gasteiger partial charge in [-0.3, -0.25) is 9.19 Å². The van der Waals surface area contributed by atoms with E-state index >= 15 is 0 Å². The van der Waals surface area contributed by atoms with Crippen molar-refractivity contribution in [3.8, 4) is 17.2 Å². The fraction of sp³-hybridized carbons (Fsp3) is 0.312. The summed E-state index contributed by atoms with van der Waals surface area (Å²) in [5.41, 5.74) is 1.07. The smallest absolute Gasteiger partial charge is 0.387 e. The van der Waals surface area contributed by atoms with E-state index in [2.05, 4.69) is 20.4 Å². The number of methoxy groups -OCH3 is 2. The number of hydrogen-bond donors (Lipinski definition) is 2. The Bertz CT molecular complexity index is 822. The lowest BCUT2D eigenvalue weighted by Gasteiger charge is -2.14. The topological polar surface area (TPSA) is 81.7 Å². The monoisotopic (exact) mass is 385 g/mol. The van der Waals surface area contributed by atoms with Crippen molar-refractivity contribution in [3.63, 3.8) is 0 Å². The Labute approximate surface area is 151 Å². The number of nitrogens with one attached hydrogen (secondary N) is 2. The third-order valence-corrected chi connectivity index (χ3v) is 5.02. The van der Waals surface area contributed by atoms with Crippen molar-refractivity contribution < 1.29 is 27.2 Å². The van der Waals surface area contributed by atoms with E-state index in [0.29, 0.717) is 28.6 Å². The highest BCUT2D eigenvalue weighted by Gasteiger charge is 2.27. The van der Waals surface area contributed by atoms with Gasteiger partial charge in [0, 0.05) is 18.3 Å². The first-order chi connectivity index (χ1) is 12.5. The third kappa shape index (κ3) is 3.79. The van der Waals surface area contributed by atoms with Crippen molar-refractivity contribution in [2.45, 2.75) is 17.9 Å². The molecule has 26 heavy (non-hydrogen) atoms. The molecule has 0 fully saturated rings. The zero-order valence-electron chi connectivity index (χ0n) is 14.0. The van der Waals surface area contributed by atoms with Crippen molar-refractivity contribution in [1.82, 2.24) is 4.98 Å². The molecular weight excluding hydrogens is 368 g/mol. The number of nitrogens with zero attached hydrogens (tertiary/aromatic N) is 1. The standard InChI is InChI=1S/C16H17F2N3O4S/c1-23-13-5-6-19-12(14(13)24-2)8-26(22)16-20-10-4-3-9(25-15(17)18)7-11(10)21-16/h3-7,15-16,20-21H,8H2,1-2H3/t16-,26+/m1/s1. The van der Waals surface area contributed by atoms with Crippen LogP contribution >= 0.6 is 0 Å². The minimum atomic E-state index is -2.90. The number of ether oxygens (including phenoxy) is 3. The molecule has 7 nitrogen and oxygen atoms in total. The highest BCUT2D eigenvalue weighted by molar-refractivity contribution is 7.85. The van der Waals surface area contributed by atoms with Crippen molar-refractivity contribution in [2.75, 3.05) is 24.9 Å². The first-order valence-electron chi connectivity index (χ1n) is 7.56. The molecular formula is C16H17F2N3O4S. The highest BCUT2D eigenvalue weighted by Crippen LogP contribution is 2.35. The quantitative estimate of drug-likeness (QED) is 0.758. The predicted molar refractivity (Wildman–Crippen MR) is 93.3 cm³/mol. The van der Waals surface area contributed by atoms with Crippen LogP contribution in [0, 0.1) is 0 Å². The van der Waals surface area contributed by atoms with E-state index in [9.17, 15) is 13.0 Å². The zero-order chi connectivity index (χ0) is 18.7. The minimum absolute atomic E-state index is 0.0237. The second kappa shape index (κ2) is 7.73. The van der Waals surface area contributed by atoms with Crippen LogP contribution in [-0.2, 0) is 16.6 Å². The highest BCUT2D eigenvalue weighted by atomic mass is 32.2. The van der Waals surface area contributed by atoms with Gasteiger partial charge in [-0.2, -0.15) is 8.78 Å². The van der Waals surface area contributed by atoms with Crippen LogP contribution in [0.3, 0.4) is 0 Å². The molecule has 0 saturated heterocycles. The molecule has 140 valence electrons. The maximum Gasteiger partial charge on any atom is 0.387 e. The summed E-state index contributed by atoms with van der Waals surface area (Å²) in [7, 11) is 1.57. The normalized spacial score (nSPS) is 16.4. The largest absolute Gasteiger partial charge is 0.493 e. The molecule has 0 unspecified atom stereocenters. The summed E-state index contributed by atoms with van der Waals surface area (Å²) in [4.78, 5) is 4.21. The maximum absolute atomic E-state index is 12.7. The Kier molecular flexibility index (Phi) is 5.40. The number of fused-ring (bicyclic) bond motifs is 1. The summed E-state index contributed by atoms with van der Waals surface area (Å²) in [6.07, 6.45) is 1.55. The molecule has 2 heterocycles. The van der Waals surface area contributed by atoms with E-state index in [0.717, 1.165) is 0 Å². The van der Waals surface area contributed by atoms with E-state index < -0.39 is 22.9 Å². The van der Waals surface area contributed by atoms with Gasteiger partial charge in [0.1, 0.15) is 5.75 Å². The maximum atomic E-state index is 12.7. The lowest BCUT2D eigenvalue weighted by Crippen LogP contribution is -2.28. The second-order valence-electron chi connectivity index (χ2n) is 5.27. The molecule has 3 rings (SSSR count). The summed E-state index contributed by atoms with van der Waals surface area (Å²) in [5, 5.41) is 6.05. The molecule has 0 spiro atoms. The van der Waals surface area contributed by atoms with E-state index in [4.69, 9.17) is 9.47 Å². The number of pyridine rings is 1. The molecule has 2 N–H and O–H groups in total. The number of anilines is 2. The third-order valence-electron chi connectivity index (χ3n) is 3.70. The Morgan fingerprint density at radius 2 is 1.96 bits per heavy atom. The summed E-state index contributed by atoms with van der Waals surface area (Å²) in [5.74, 6) is 1.06. The van der Waals surface area contributed by atoms with Gasteiger partial charge in [-0.15, -0.1) is 0 Å². The molecule has 10 heteroatoms. The minimum Gasteiger partial charge on any atom is -0.493 e. The van der Waals surface area contributed by atoms with Crippen molar-refractivity contribution in [1.29, 1.82) is 0 Å². The van der Waals surface area contributed by atoms with Crippen LogP contribution in [0.2, 0.25) is 0 Å². The molecule has 0 aliphatic carbocycles. The number of rotatable bonds is 7. The van der Waals surface area contributed by atoms with Gasteiger partial charge in [0.05, 0.1) is 47.8 Å². The summed E-state index contributed by atoms with van der Waals surface area (Å²) in [6, 6.07) is 6.08. The van der Waals surface area contributed by atoms with Crippen LogP contribution < -0.4 is 24.8 Å². The molecule has 0 bridgehead atoms. The summed E-state index contributed by atoms with van der Waals surface area (Å²) < 4.78 is 52.2. The van der Waals surface area contributed by atoms with E-state index in [1.165, 1.54) is 26.4 Å². The van der Waals surface area contributed by atoms with Crippen molar-refractivity contribution in [2.24, 2.45) is 0 Å². The van der Waals surface area contributed by atoms with Gasteiger partial charge in [-0.25, -0.2) is 0 Å². The van der Waals surface area contributed by atoms with Gasteiger partial charge in [-0.05, 0) is 12.1 Å². The molecule has 2 atom stereocenters. The van der Waals surface area contributed by atoms with Gasteiger partial charge in [-0.1, -0.05) is 0 Å². The molecule has 0 radical (unpaired) electrons. The summed E-state index contributed by atoms with van der Waals surface area (Å²) >= 11 is 0. The van der Waals surface area contributed by atoms with Gasteiger partial charge >= 0.3 is 6.61 Å².